The van der Waals surface area contributed by atoms with Crippen LogP contribution >= 0.6 is 0 Å². The molecule has 1 fully saturated rings. The Morgan fingerprint density at radius 2 is 1.56 bits per heavy atom. The first-order chi connectivity index (χ1) is 13.1. The molecule has 3 rings (SSSR count). The Morgan fingerprint density at radius 1 is 0.926 bits per heavy atom. The molecule has 0 saturated carbocycles. The van der Waals surface area contributed by atoms with E-state index in [0.29, 0.717) is 12.6 Å². The highest BCUT2D eigenvalue weighted by molar-refractivity contribution is 5.28. The van der Waals surface area contributed by atoms with Crippen LogP contribution in [0.3, 0.4) is 0 Å². The van der Waals surface area contributed by atoms with E-state index in [-0.39, 0.29) is 0 Å². The van der Waals surface area contributed by atoms with Gasteiger partial charge in [-0.3, -0.25) is 4.90 Å². The summed E-state index contributed by atoms with van der Waals surface area (Å²) >= 11 is 0. The standard InChI is InChI=1S/C23H33N3O/c1-19-4-6-22(7-5-19)18-27-23-10-8-21(9-11-23)16-24-20(2)17-26-14-12-25(3)13-15-26/h4-11,20,24H,12-18H2,1-3H3. The van der Waals surface area contributed by atoms with Gasteiger partial charge in [0, 0.05) is 45.3 Å². The van der Waals surface area contributed by atoms with Gasteiger partial charge in [-0.25, -0.2) is 0 Å². The molecule has 4 heteroatoms. The third kappa shape index (κ3) is 6.65. The summed E-state index contributed by atoms with van der Waals surface area (Å²) in [7, 11) is 2.20. The van der Waals surface area contributed by atoms with E-state index in [9.17, 15) is 0 Å². The van der Waals surface area contributed by atoms with Crippen LogP contribution in [0.25, 0.3) is 0 Å². The van der Waals surface area contributed by atoms with Crippen LogP contribution in [0.1, 0.15) is 23.6 Å². The number of benzene rings is 2. The molecule has 1 aliphatic heterocycles. The van der Waals surface area contributed by atoms with Gasteiger partial charge in [0.1, 0.15) is 12.4 Å². The average molecular weight is 368 g/mol. The van der Waals surface area contributed by atoms with Gasteiger partial charge in [0.25, 0.3) is 0 Å². The van der Waals surface area contributed by atoms with E-state index in [1.54, 1.807) is 0 Å². The van der Waals surface area contributed by atoms with Gasteiger partial charge in [-0.05, 0) is 44.2 Å². The van der Waals surface area contributed by atoms with Crippen LogP contribution in [0.15, 0.2) is 48.5 Å². The van der Waals surface area contributed by atoms with E-state index in [1.807, 2.05) is 0 Å². The van der Waals surface area contributed by atoms with Crippen molar-refractivity contribution in [3.05, 3.63) is 65.2 Å². The minimum absolute atomic E-state index is 0.492. The highest BCUT2D eigenvalue weighted by atomic mass is 16.5. The van der Waals surface area contributed by atoms with Crippen LogP contribution in [0.4, 0.5) is 0 Å². The average Bonchev–Trinajstić information content (AvgIpc) is 2.68. The molecule has 1 unspecified atom stereocenters. The number of likely N-dealkylation sites (N-methyl/N-ethyl adjacent to an activating group) is 1. The normalized spacial score (nSPS) is 17.0. The first-order valence-electron chi connectivity index (χ1n) is 10.00. The zero-order valence-electron chi connectivity index (χ0n) is 16.9. The lowest BCUT2D eigenvalue weighted by molar-refractivity contribution is 0.144. The molecule has 1 saturated heterocycles. The van der Waals surface area contributed by atoms with Gasteiger partial charge < -0.3 is 15.0 Å². The number of hydrogen-bond acceptors (Lipinski definition) is 4. The van der Waals surface area contributed by atoms with Crippen molar-refractivity contribution < 1.29 is 4.74 Å². The van der Waals surface area contributed by atoms with Crippen molar-refractivity contribution in [2.45, 2.75) is 33.0 Å². The summed E-state index contributed by atoms with van der Waals surface area (Å²) in [4.78, 5) is 4.96. The first kappa shape index (κ1) is 19.9. The maximum atomic E-state index is 5.89. The second-order valence-corrected chi connectivity index (χ2v) is 7.80. The third-order valence-corrected chi connectivity index (χ3v) is 5.23. The molecule has 2 aromatic rings. The van der Waals surface area contributed by atoms with Crippen LogP contribution in [-0.4, -0.2) is 55.6 Å². The summed E-state index contributed by atoms with van der Waals surface area (Å²) < 4.78 is 5.89. The Balaban J connectivity index is 1.38. The van der Waals surface area contributed by atoms with Gasteiger partial charge in [-0.15, -0.1) is 0 Å². The molecular formula is C23H33N3O. The lowest BCUT2D eigenvalue weighted by Crippen LogP contribution is -2.48. The quantitative estimate of drug-likeness (QED) is 0.775. The van der Waals surface area contributed by atoms with Crippen molar-refractivity contribution in [1.29, 1.82) is 0 Å². The van der Waals surface area contributed by atoms with Gasteiger partial charge in [-0.2, -0.15) is 0 Å². The van der Waals surface area contributed by atoms with Crippen LogP contribution in [-0.2, 0) is 13.2 Å². The predicted molar refractivity (Wildman–Crippen MR) is 112 cm³/mol. The molecule has 0 bridgehead atoms. The van der Waals surface area contributed by atoms with Crippen LogP contribution in [0.2, 0.25) is 0 Å². The predicted octanol–water partition coefficient (Wildman–Crippen LogP) is 3.30. The van der Waals surface area contributed by atoms with E-state index in [4.69, 9.17) is 4.74 Å². The fourth-order valence-electron chi connectivity index (χ4n) is 3.33. The van der Waals surface area contributed by atoms with Gasteiger partial charge in [-0.1, -0.05) is 42.0 Å². The van der Waals surface area contributed by atoms with Crippen molar-refractivity contribution in [1.82, 2.24) is 15.1 Å². The van der Waals surface area contributed by atoms with Gasteiger partial charge in [0.2, 0.25) is 0 Å². The lowest BCUT2D eigenvalue weighted by atomic mass is 10.1. The molecule has 1 atom stereocenters. The molecule has 0 radical (unpaired) electrons. The molecule has 0 aromatic heterocycles. The minimum Gasteiger partial charge on any atom is -0.489 e. The highest BCUT2D eigenvalue weighted by Crippen LogP contribution is 2.15. The van der Waals surface area contributed by atoms with E-state index in [1.165, 1.54) is 42.9 Å². The van der Waals surface area contributed by atoms with Crippen molar-refractivity contribution in [2.75, 3.05) is 39.8 Å². The van der Waals surface area contributed by atoms with E-state index < -0.39 is 0 Å². The minimum atomic E-state index is 0.492. The lowest BCUT2D eigenvalue weighted by Gasteiger charge is -2.34. The zero-order valence-corrected chi connectivity index (χ0v) is 16.9. The Kier molecular flexibility index (Phi) is 7.27. The topological polar surface area (TPSA) is 27.7 Å². The zero-order chi connectivity index (χ0) is 19.1. The third-order valence-electron chi connectivity index (χ3n) is 5.23. The highest BCUT2D eigenvalue weighted by Gasteiger charge is 2.15. The van der Waals surface area contributed by atoms with Crippen molar-refractivity contribution in [2.24, 2.45) is 0 Å². The molecule has 1 heterocycles. The molecule has 2 aromatic carbocycles. The number of nitrogens with zero attached hydrogens (tertiary/aromatic N) is 2. The number of hydrogen-bond donors (Lipinski definition) is 1. The fourth-order valence-corrected chi connectivity index (χ4v) is 3.33. The molecule has 1 N–H and O–H groups in total. The number of ether oxygens (including phenoxy) is 1. The first-order valence-corrected chi connectivity index (χ1v) is 10.00. The van der Waals surface area contributed by atoms with Crippen molar-refractivity contribution in [3.63, 3.8) is 0 Å². The molecule has 1 aliphatic rings. The number of piperazine rings is 1. The summed E-state index contributed by atoms with van der Waals surface area (Å²) in [6.07, 6.45) is 0. The Bertz CT molecular complexity index is 676. The van der Waals surface area contributed by atoms with Crippen LogP contribution in [0, 0.1) is 6.92 Å². The maximum Gasteiger partial charge on any atom is 0.119 e. The Hall–Kier alpha value is -1.88. The molecule has 0 aliphatic carbocycles. The molecular weight excluding hydrogens is 334 g/mol. The van der Waals surface area contributed by atoms with Gasteiger partial charge in [0.15, 0.2) is 0 Å². The number of rotatable bonds is 8. The molecule has 4 nitrogen and oxygen atoms in total. The molecule has 0 amide bonds. The molecule has 0 spiro atoms. The smallest absolute Gasteiger partial charge is 0.119 e. The van der Waals surface area contributed by atoms with Crippen molar-refractivity contribution in [3.8, 4) is 5.75 Å². The number of aryl methyl sites for hydroxylation is 1. The summed E-state index contributed by atoms with van der Waals surface area (Å²) in [5.41, 5.74) is 3.77. The fraction of sp³-hybridized carbons (Fsp3) is 0.478. The van der Waals surface area contributed by atoms with Crippen LogP contribution in [0.5, 0.6) is 5.75 Å². The van der Waals surface area contributed by atoms with E-state index in [2.05, 4.69) is 84.5 Å². The van der Waals surface area contributed by atoms with E-state index in [0.717, 1.165) is 18.8 Å². The largest absolute Gasteiger partial charge is 0.489 e. The molecule has 27 heavy (non-hydrogen) atoms. The molecule has 146 valence electrons. The summed E-state index contributed by atoms with van der Waals surface area (Å²) in [5, 5.41) is 3.64. The maximum absolute atomic E-state index is 5.89. The van der Waals surface area contributed by atoms with Gasteiger partial charge in [0.05, 0.1) is 0 Å². The summed E-state index contributed by atoms with van der Waals surface area (Å²) in [6, 6.07) is 17.4. The Labute approximate surface area is 164 Å². The second kappa shape index (κ2) is 9.88. The van der Waals surface area contributed by atoms with E-state index >= 15 is 0 Å². The SMILES string of the molecule is Cc1ccc(COc2ccc(CNC(C)CN3CCN(C)CC3)cc2)cc1. The number of nitrogens with one attached hydrogen (secondary N) is 1. The van der Waals surface area contributed by atoms with Crippen molar-refractivity contribution >= 4 is 0 Å². The van der Waals surface area contributed by atoms with Crippen LogP contribution < -0.4 is 10.1 Å². The summed E-state index contributed by atoms with van der Waals surface area (Å²) in [5.74, 6) is 0.921. The monoisotopic (exact) mass is 367 g/mol. The van der Waals surface area contributed by atoms with Gasteiger partial charge >= 0.3 is 0 Å². The Morgan fingerprint density at radius 3 is 2.22 bits per heavy atom. The second-order valence-electron chi connectivity index (χ2n) is 7.80. The summed E-state index contributed by atoms with van der Waals surface area (Å²) in [6.45, 7) is 11.7.